The molecule has 0 bridgehead atoms. The van der Waals surface area contributed by atoms with Crippen molar-refractivity contribution in [3.8, 4) is 11.6 Å². The summed E-state index contributed by atoms with van der Waals surface area (Å²) in [6.07, 6.45) is 5.36. The number of para-hydroxylation sites is 1. The maximum absolute atomic E-state index is 13.0. The average Bonchev–Trinajstić information content (AvgIpc) is 3.28. The molecule has 0 saturated carbocycles. The zero-order chi connectivity index (χ0) is 21.6. The number of benzene rings is 1. The smallest absolute Gasteiger partial charge is 0.259 e. The molecule has 7 heteroatoms. The van der Waals surface area contributed by atoms with E-state index >= 15 is 0 Å². The fraction of sp³-hybridized carbons (Fsp3) is 0.458. The van der Waals surface area contributed by atoms with Crippen molar-refractivity contribution in [2.24, 2.45) is 0 Å². The Morgan fingerprint density at radius 1 is 0.968 bits per heavy atom. The highest BCUT2D eigenvalue weighted by molar-refractivity contribution is 5.97. The predicted molar refractivity (Wildman–Crippen MR) is 117 cm³/mol. The van der Waals surface area contributed by atoms with E-state index in [9.17, 15) is 9.59 Å². The van der Waals surface area contributed by atoms with Gasteiger partial charge in [-0.3, -0.25) is 9.59 Å². The molecule has 2 amide bonds. The van der Waals surface area contributed by atoms with E-state index in [1.807, 2.05) is 30.0 Å². The van der Waals surface area contributed by atoms with Crippen LogP contribution in [0, 0.1) is 0 Å². The first-order valence-electron chi connectivity index (χ1n) is 11.1. The lowest BCUT2D eigenvalue weighted by molar-refractivity contribution is 0.0708. The van der Waals surface area contributed by atoms with Crippen LogP contribution in [-0.2, 0) is 0 Å². The topological polar surface area (TPSA) is 72.0 Å². The molecule has 31 heavy (non-hydrogen) atoms. The molecule has 2 fully saturated rings. The number of aromatic nitrogens is 1. The molecule has 1 aromatic carbocycles. The Bertz CT molecular complexity index is 927. The normalized spacial score (nSPS) is 18.7. The van der Waals surface area contributed by atoms with E-state index in [4.69, 9.17) is 9.47 Å². The van der Waals surface area contributed by atoms with Crippen LogP contribution in [0.5, 0.6) is 11.6 Å². The summed E-state index contributed by atoms with van der Waals surface area (Å²) in [4.78, 5) is 34.0. The average molecular weight is 424 g/mol. The summed E-state index contributed by atoms with van der Waals surface area (Å²) < 4.78 is 11.7. The Morgan fingerprint density at radius 3 is 2.52 bits per heavy atom. The van der Waals surface area contributed by atoms with Crippen LogP contribution in [0.15, 0.2) is 42.6 Å². The largest absolute Gasteiger partial charge is 0.493 e. The number of pyridine rings is 1. The number of likely N-dealkylation sites (tertiary alicyclic amines) is 2. The lowest BCUT2D eigenvalue weighted by Gasteiger charge is -2.27. The quantitative estimate of drug-likeness (QED) is 0.712. The molecule has 1 atom stereocenters. The van der Waals surface area contributed by atoms with Gasteiger partial charge in [0, 0.05) is 32.3 Å². The highest BCUT2D eigenvalue weighted by Gasteiger charge is 2.31. The Labute approximate surface area is 183 Å². The van der Waals surface area contributed by atoms with Gasteiger partial charge in [0.15, 0.2) is 0 Å². The third kappa shape index (κ3) is 4.81. The number of nitrogens with zero attached hydrogens (tertiary/aromatic N) is 3. The molecule has 0 aliphatic carbocycles. The second-order valence-electron chi connectivity index (χ2n) is 7.92. The molecular weight excluding hydrogens is 394 g/mol. The van der Waals surface area contributed by atoms with Crippen molar-refractivity contribution in [3.05, 3.63) is 53.7 Å². The summed E-state index contributed by atoms with van der Waals surface area (Å²) in [7, 11) is 0. The first-order valence-corrected chi connectivity index (χ1v) is 11.1. The van der Waals surface area contributed by atoms with Gasteiger partial charge in [-0.05, 0) is 50.5 Å². The van der Waals surface area contributed by atoms with Crippen molar-refractivity contribution in [1.29, 1.82) is 0 Å². The fourth-order valence-corrected chi connectivity index (χ4v) is 4.18. The van der Waals surface area contributed by atoms with Gasteiger partial charge in [0.25, 0.3) is 11.8 Å². The number of carbonyl (C=O) groups is 2. The zero-order valence-electron chi connectivity index (χ0n) is 18.0. The number of ether oxygens (including phenoxy) is 2. The van der Waals surface area contributed by atoms with Gasteiger partial charge in [0.2, 0.25) is 5.88 Å². The van der Waals surface area contributed by atoms with Crippen LogP contribution in [0.3, 0.4) is 0 Å². The molecule has 0 spiro atoms. The number of hydrogen-bond acceptors (Lipinski definition) is 5. The van der Waals surface area contributed by atoms with Crippen molar-refractivity contribution in [3.63, 3.8) is 0 Å². The van der Waals surface area contributed by atoms with Crippen LogP contribution in [0.25, 0.3) is 0 Å². The maximum atomic E-state index is 13.0. The van der Waals surface area contributed by atoms with Crippen molar-refractivity contribution in [2.45, 2.75) is 38.7 Å². The van der Waals surface area contributed by atoms with Crippen LogP contribution < -0.4 is 9.47 Å². The highest BCUT2D eigenvalue weighted by atomic mass is 16.5. The van der Waals surface area contributed by atoms with E-state index in [0.29, 0.717) is 48.9 Å². The van der Waals surface area contributed by atoms with Crippen molar-refractivity contribution < 1.29 is 19.1 Å². The molecule has 2 saturated heterocycles. The van der Waals surface area contributed by atoms with Crippen LogP contribution in [0.2, 0.25) is 0 Å². The van der Waals surface area contributed by atoms with E-state index in [-0.39, 0.29) is 17.9 Å². The molecule has 1 unspecified atom stereocenters. The predicted octanol–water partition coefficient (Wildman–Crippen LogP) is 3.40. The summed E-state index contributed by atoms with van der Waals surface area (Å²) in [5.41, 5.74) is 1.06. The molecule has 2 aliphatic heterocycles. The van der Waals surface area contributed by atoms with Crippen LogP contribution >= 0.6 is 0 Å². The first kappa shape index (κ1) is 21.2. The molecule has 7 nitrogen and oxygen atoms in total. The number of amides is 2. The first-order chi connectivity index (χ1) is 15.2. The van der Waals surface area contributed by atoms with Crippen LogP contribution in [0.1, 0.15) is 53.3 Å². The lowest BCUT2D eigenvalue weighted by atomic mass is 10.1. The minimum atomic E-state index is -0.203. The van der Waals surface area contributed by atoms with Crippen molar-refractivity contribution in [1.82, 2.24) is 14.8 Å². The minimum Gasteiger partial charge on any atom is -0.493 e. The van der Waals surface area contributed by atoms with E-state index < -0.39 is 0 Å². The standard InChI is InChI=1S/C24H29N3O4/c1-2-30-21-11-5-4-9-19(21)23(28)27-16-12-18(17-27)31-22-20(10-8-13-25-22)24(29)26-14-6-3-7-15-26/h4-5,8-11,13,18H,2-3,6-7,12,14-17H2,1H3. The van der Waals surface area contributed by atoms with E-state index in [2.05, 4.69) is 4.98 Å². The van der Waals surface area contributed by atoms with Crippen molar-refractivity contribution >= 4 is 11.8 Å². The summed E-state index contributed by atoms with van der Waals surface area (Å²) >= 11 is 0. The van der Waals surface area contributed by atoms with Gasteiger partial charge in [-0.25, -0.2) is 4.98 Å². The third-order valence-corrected chi connectivity index (χ3v) is 5.77. The van der Waals surface area contributed by atoms with Crippen LogP contribution in [-0.4, -0.2) is 65.5 Å². The molecular formula is C24H29N3O4. The number of hydrogen-bond donors (Lipinski definition) is 0. The summed E-state index contributed by atoms with van der Waals surface area (Å²) in [6.45, 7) is 5.00. The SMILES string of the molecule is CCOc1ccccc1C(=O)N1CCC(Oc2ncccc2C(=O)N2CCCCC2)C1. The maximum Gasteiger partial charge on any atom is 0.259 e. The molecule has 4 rings (SSSR count). The van der Waals surface area contributed by atoms with Gasteiger partial charge < -0.3 is 19.3 Å². The second kappa shape index (κ2) is 9.81. The molecule has 0 N–H and O–H groups in total. The zero-order valence-corrected chi connectivity index (χ0v) is 18.0. The third-order valence-electron chi connectivity index (χ3n) is 5.77. The van der Waals surface area contributed by atoms with Crippen molar-refractivity contribution in [2.75, 3.05) is 32.8 Å². The van der Waals surface area contributed by atoms with Gasteiger partial charge in [-0.1, -0.05) is 12.1 Å². The number of rotatable bonds is 6. The van der Waals surface area contributed by atoms with Gasteiger partial charge in [0.1, 0.15) is 17.4 Å². The summed E-state index contributed by atoms with van der Waals surface area (Å²) in [5.74, 6) is 0.853. The highest BCUT2D eigenvalue weighted by Crippen LogP contribution is 2.26. The van der Waals surface area contributed by atoms with Gasteiger partial charge in [0.05, 0.1) is 18.7 Å². The van der Waals surface area contributed by atoms with E-state index in [1.54, 1.807) is 29.3 Å². The van der Waals surface area contributed by atoms with E-state index in [1.165, 1.54) is 6.42 Å². The monoisotopic (exact) mass is 423 g/mol. The van der Waals surface area contributed by atoms with Gasteiger partial charge >= 0.3 is 0 Å². The fourth-order valence-electron chi connectivity index (χ4n) is 4.18. The molecule has 2 aromatic rings. The summed E-state index contributed by atoms with van der Waals surface area (Å²) in [6, 6.07) is 10.8. The Balaban J connectivity index is 1.43. The molecule has 3 heterocycles. The van der Waals surface area contributed by atoms with Gasteiger partial charge in [-0.2, -0.15) is 0 Å². The molecule has 2 aliphatic rings. The lowest BCUT2D eigenvalue weighted by Crippen LogP contribution is -2.36. The second-order valence-corrected chi connectivity index (χ2v) is 7.92. The number of carbonyl (C=O) groups excluding carboxylic acids is 2. The Morgan fingerprint density at radius 2 is 1.71 bits per heavy atom. The van der Waals surface area contributed by atoms with Gasteiger partial charge in [-0.15, -0.1) is 0 Å². The van der Waals surface area contributed by atoms with E-state index in [0.717, 1.165) is 25.9 Å². The van der Waals surface area contributed by atoms with Crippen LogP contribution in [0.4, 0.5) is 0 Å². The molecule has 164 valence electrons. The Hall–Kier alpha value is -3.09. The summed E-state index contributed by atoms with van der Waals surface area (Å²) in [5, 5.41) is 0. The number of piperidine rings is 1. The Kier molecular flexibility index (Phi) is 6.70. The molecule has 0 radical (unpaired) electrons. The molecule has 1 aromatic heterocycles. The minimum absolute atomic E-state index is 0.0284.